The Labute approximate surface area is 112 Å². The largest absolute Gasteiger partial charge is 0.285 e. The summed E-state index contributed by atoms with van der Waals surface area (Å²) in [6.45, 7) is 0.690. The van der Waals surface area contributed by atoms with Crippen molar-refractivity contribution in [3.8, 4) is 6.07 Å². The van der Waals surface area contributed by atoms with Crippen LogP contribution in [0.25, 0.3) is 0 Å². The maximum absolute atomic E-state index is 8.69. The molecule has 2 aromatic carbocycles. The fraction of sp³-hybridized carbons (Fsp3) is 0.133. The normalized spacial score (nSPS) is 9.78. The van der Waals surface area contributed by atoms with Crippen LogP contribution in [0.3, 0.4) is 0 Å². The zero-order chi connectivity index (χ0) is 12.8. The third-order valence-corrected chi connectivity index (χ3v) is 3.00. The lowest BCUT2D eigenvalue weighted by Crippen LogP contribution is -2.03. The lowest BCUT2D eigenvalue weighted by molar-refractivity contribution is 0.827. The molecule has 0 atom stereocenters. The average molecular weight is 256 g/mol. The number of rotatable bonds is 4. The van der Waals surface area contributed by atoms with E-state index in [-0.39, 0.29) is 0 Å². The van der Waals surface area contributed by atoms with E-state index in [1.54, 1.807) is 12.1 Å². The SMILES string of the molecule is N#Cc1ccc([N]CCc2ccccc2Cl)cc1. The number of nitrogens with zero attached hydrogens (tertiary/aromatic N) is 2. The molecule has 0 saturated heterocycles. The van der Waals surface area contributed by atoms with Gasteiger partial charge in [-0.15, -0.1) is 0 Å². The molecule has 0 amide bonds. The second-order valence-electron chi connectivity index (χ2n) is 3.88. The first kappa shape index (κ1) is 12.5. The van der Waals surface area contributed by atoms with E-state index in [0.717, 1.165) is 22.7 Å². The Morgan fingerprint density at radius 3 is 2.44 bits per heavy atom. The van der Waals surface area contributed by atoms with Crippen LogP contribution in [-0.4, -0.2) is 6.54 Å². The Hall–Kier alpha value is -1.98. The zero-order valence-electron chi connectivity index (χ0n) is 9.81. The van der Waals surface area contributed by atoms with Gasteiger partial charge in [0.2, 0.25) is 0 Å². The van der Waals surface area contributed by atoms with Gasteiger partial charge in [0.05, 0.1) is 17.3 Å². The van der Waals surface area contributed by atoms with Gasteiger partial charge in [0.25, 0.3) is 0 Å². The van der Waals surface area contributed by atoms with E-state index < -0.39 is 0 Å². The van der Waals surface area contributed by atoms with E-state index in [2.05, 4.69) is 11.4 Å². The van der Waals surface area contributed by atoms with Crippen molar-refractivity contribution < 1.29 is 0 Å². The van der Waals surface area contributed by atoms with Crippen molar-refractivity contribution in [1.29, 1.82) is 5.26 Å². The van der Waals surface area contributed by atoms with E-state index in [1.807, 2.05) is 36.4 Å². The minimum Gasteiger partial charge on any atom is -0.285 e. The number of halogens is 1. The molecule has 0 fully saturated rings. The standard InChI is InChI=1S/C15H12ClN2/c16-15-4-2-1-3-13(15)9-10-18-14-7-5-12(11-17)6-8-14/h1-8H,9-10H2. The third kappa shape index (κ3) is 3.26. The minimum atomic E-state index is 0.653. The summed E-state index contributed by atoms with van der Waals surface area (Å²) in [6.07, 6.45) is 0.819. The van der Waals surface area contributed by atoms with Gasteiger partial charge in [0.15, 0.2) is 0 Å². The quantitative estimate of drug-likeness (QED) is 0.821. The van der Waals surface area contributed by atoms with Gasteiger partial charge >= 0.3 is 0 Å². The lowest BCUT2D eigenvalue weighted by atomic mass is 10.1. The van der Waals surface area contributed by atoms with Crippen LogP contribution >= 0.6 is 11.6 Å². The van der Waals surface area contributed by atoms with Crippen LogP contribution in [0, 0.1) is 11.3 Å². The van der Waals surface area contributed by atoms with Crippen LogP contribution in [0.4, 0.5) is 5.69 Å². The molecule has 1 radical (unpaired) electrons. The number of nitriles is 1. The second-order valence-corrected chi connectivity index (χ2v) is 4.29. The molecule has 0 bridgehead atoms. The summed E-state index contributed by atoms with van der Waals surface area (Å²) >= 11 is 6.07. The first-order valence-corrected chi connectivity index (χ1v) is 6.08. The summed E-state index contributed by atoms with van der Waals surface area (Å²) in [7, 11) is 0. The van der Waals surface area contributed by atoms with Gasteiger partial charge in [0.1, 0.15) is 0 Å². The van der Waals surface area contributed by atoms with E-state index in [4.69, 9.17) is 16.9 Å². The molecule has 3 heteroatoms. The van der Waals surface area contributed by atoms with Crippen LogP contribution in [0.2, 0.25) is 5.02 Å². The van der Waals surface area contributed by atoms with Gasteiger partial charge in [-0.3, -0.25) is 5.32 Å². The molecule has 0 unspecified atom stereocenters. The van der Waals surface area contributed by atoms with Gasteiger partial charge in [-0.25, -0.2) is 0 Å². The average Bonchev–Trinajstić information content (AvgIpc) is 2.42. The van der Waals surface area contributed by atoms with Gasteiger partial charge in [-0.1, -0.05) is 29.8 Å². The van der Waals surface area contributed by atoms with E-state index in [9.17, 15) is 0 Å². The highest BCUT2D eigenvalue weighted by molar-refractivity contribution is 6.31. The molecule has 0 spiro atoms. The zero-order valence-corrected chi connectivity index (χ0v) is 10.6. The highest BCUT2D eigenvalue weighted by atomic mass is 35.5. The fourth-order valence-corrected chi connectivity index (χ4v) is 1.88. The summed E-state index contributed by atoms with van der Waals surface area (Å²) in [5.74, 6) is 0. The Balaban J connectivity index is 1.89. The molecule has 0 aromatic heterocycles. The molecule has 89 valence electrons. The Morgan fingerprint density at radius 1 is 1.06 bits per heavy atom. The van der Waals surface area contributed by atoms with E-state index >= 15 is 0 Å². The lowest BCUT2D eigenvalue weighted by Gasteiger charge is -2.05. The van der Waals surface area contributed by atoms with Crippen molar-refractivity contribution in [3.05, 3.63) is 64.7 Å². The molecule has 2 rings (SSSR count). The predicted octanol–water partition coefficient (Wildman–Crippen LogP) is 3.69. The summed E-state index contributed by atoms with van der Waals surface area (Å²) in [5, 5.41) is 13.9. The molecule has 18 heavy (non-hydrogen) atoms. The van der Waals surface area contributed by atoms with Gasteiger partial charge < -0.3 is 0 Å². The molecular formula is C15H12ClN2. The molecule has 0 aliphatic rings. The molecule has 2 aromatic rings. The molecule has 0 N–H and O–H groups in total. The number of hydrogen-bond donors (Lipinski definition) is 0. The van der Waals surface area contributed by atoms with Crippen molar-refractivity contribution >= 4 is 17.3 Å². The van der Waals surface area contributed by atoms with Crippen LogP contribution in [0.5, 0.6) is 0 Å². The van der Waals surface area contributed by atoms with E-state index in [0.29, 0.717) is 12.1 Å². The fourth-order valence-electron chi connectivity index (χ4n) is 1.65. The molecule has 0 aliphatic heterocycles. The third-order valence-electron chi connectivity index (χ3n) is 2.63. The van der Waals surface area contributed by atoms with E-state index in [1.165, 1.54) is 0 Å². The Bertz CT molecular complexity index is 555. The van der Waals surface area contributed by atoms with Crippen molar-refractivity contribution in [2.24, 2.45) is 0 Å². The molecule has 0 saturated carbocycles. The highest BCUT2D eigenvalue weighted by Crippen LogP contribution is 2.16. The smallest absolute Gasteiger partial charge is 0.0991 e. The summed E-state index contributed by atoms with van der Waals surface area (Å²) in [6, 6.07) is 17.1. The maximum atomic E-state index is 8.69. The Morgan fingerprint density at radius 2 is 1.78 bits per heavy atom. The summed E-state index contributed by atoms with van der Waals surface area (Å²) in [5.41, 5.74) is 2.65. The highest BCUT2D eigenvalue weighted by Gasteiger charge is 2.00. The first-order valence-electron chi connectivity index (χ1n) is 5.70. The van der Waals surface area contributed by atoms with Crippen LogP contribution in [0.15, 0.2) is 48.5 Å². The summed E-state index contributed by atoms with van der Waals surface area (Å²) < 4.78 is 0. The first-order chi connectivity index (χ1) is 8.79. The van der Waals surface area contributed by atoms with Crippen molar-refractivity contribution in [3.63, 3.8) is 0 Å². The number of hydrogen-bond acceptors (Lipinski definition) is 1. The molecule has 0 aliphatic carbocycles. The second kappa shape index (κ2) is 6.09. The molecule has 2 nitrogen and oxygen atoms in total. The van der Waals surface area contributed by atoms with Crippen molar-refractivity contribution in [2.45, 2.75) is 6.42 Å². The number of benzene rings is 2. The maximum Gasteiger partial charge on any atom is 0.0991 e. The minimum absolute atomic E-state index is 0.653. The molecule has 0 heterocycles. The van der Waals surface area contributed by atoms with Gasteiger partial charge in [-0.2, -0.15) is 5.26 Å². The van der Waals surface area contributed by atoms with Crippen LogP contribution in [-0.2, 0) is 6.42 Å². The Kier molecular flexibility index (Phi) is 4.22. The van der Waals surface area contributed by atoms with Crippen LogP contribution < -0.4 is 5.32 Å². The van der Waals surface area contributed by atoms with Crippen molar-refractivity contribution in [1.82, 2.24) is 5.32 Å². The predicted molar refractivity (Wildman–Crippen MR) is 73.0 cm³/mol. The summed E-state index contributed by atoms with van der Waals surface area (Å²) in [4.78, 5) is 0. The monoisotopic (exact) mass is 255 g/mol. The van der Waals surface area contributed by atoms with Gasteiger partial charge in [-0.05, 0) is 42.3 Å². The van der Waals surface area contributed by atoms with Crippen LogP contribution in [0.1, 0.15) is 11.1 Å². The van der Waals surface area contributed by atoms with Gasteiger partial charge in [0, 0.05) is 11.6 Å². The van der Waals surface area contributed by atoms with Crippen molar-refractivity contribution in [2.75, 3.05) is 6.54 Å². The topological polar surface area (TPSA) is 37.9 Å². The molecular weight excluding hydrogens is 244 g/mol.